The zero-order chi connectivity index (χ0) is 23.3. The van der Waals surface area contributed by atoms with Crippen molar-refractivity contribution in [1.29, 1.82) is 0 Å². The summed E-state index contributed by atoms with van der Waals surface area (Å²) in [7, 11) is 0. The molecule has 4 fully saturated rings. The predicted molar refractivity (Wildman–Crippen MR) is 135 cm³/mol. The fourth-order valence-corrected chi connectivity index (χ4v) is 7.51. The molecule has 34 heavy (non-hydrogen) atoms. The fourth-order valence-electron chi connectivity index (χ4n) is 7.19. The minimum atomic E-state index is 0.00533. The number of nitrogens with one attached hydrogen (secondary N) is 1. The minimum Gasteiger partial charge on any atom is -0.352 e. The molecule has 1 N–H and O–H groups in total. The number of carbonyl (C=O) groups excluding carboxylic acids is 1. The normalized spacial score (nSPS) is 27.3. The lowest BCUT2D eigenvalue weighted by Gasteiger charge is -2.56. The van der Waals surface area contributed by atoms with E-state index in [-0.39, 0.29) is 11.3 Å². The molecule has 0 atom stereocenters. The zero-order valence-electron chi connectivity index (χ0n) is 19.7. The van der Waals surface area contributed by atoms with Crippen LogP contribution in [0, 0.1) is 24.7 Å². The summed E-state index contributed by atoms with van der Waals surface area (Å²) in [6.45, 7) is 3.38. The topological polar surface area (TPSA) is 64.7 Å². The second-order valence-electron chi connectivity index (χ2n) is 10.8. The van der Waals surface area contributed by atoms with Crippen molar-refractivity contribution in [2.75, 3.05) is 6.54 Å². The van der Waals surface area contributed by atoms with Gasteiger partial charge in [0.1, 0.15) is 0 Å². The molecule has 6 nitrogen and oxygen atoms in total. The molecule has 0 radical (unpaired) electrons. The van der Waals surface area contributed by atoms with Gasteiger partial charge in [0.25, 0.3) is 5.91 Å². The van der Waals surface area contributed by atoms with Crippen molar-refractivity contribution < 1.29 is 4.79 Å². The van der Waals surface area contributed by atoms with Crippen LogP contribution in [0.15, 0.2) is 47.2 Å². The Labute approximate surface area is 209 Å². The summed E-state index contributed by atoms with van der Waals surface area (Å²) in [6, 6.07) is 10.2. The molecule has 178 valence electrons. The van der Waals surface area contributed by atoms with Crippen molar-refractivity contribution in [3.05, 3.63) is 64.1 Å². The van der Waals surface area contributed by atoms with Gasteiger partial charge >= 0.3 is 0 Å². The number of hydrogen-bond acceptors (Lipinski definition) is 3. The van der Waals surface area contributed by atoms with E-state index in [1.165, 1.54) is 38.5 Å². The van der Waals surface area contributed by atoms with E-state index >= 15 is 0 Å². The highest BCUT2D eigenvalue weighted by Gasteiger charge is 2.53. The maximum Gasteiger partial charge on any atom is 0.254 e. The number of aryl methyl sites for hydroxylation is 2. The van der Waals surface area contributed by atoms with Gasteiger partial charge in [-0.1, -0.05) is 18.2 Å². The molecule has 0 saturated heterocycles. The van der Waals surface area contributed by atoms with Crippen LogP contribution in [-0.4, -0.2) is 32.0 Å². The number of hydrogen-bond donors (Lipinski definition) is 1. The molecule has 1 amide bonds. The molecule has 0 unspecified atom stereocenters. The van der Waals surface area contributed by atoms with Crippen molar-refractivity contribution in [3.63, 3.8) is 0 Å². The summed E-state index contributed by atoms with van der Waals surface area (Å²) < 4.78 is 4.87. The van der Waals surface area contributed by atoms with E-state index in [9.17, 15) is 4.79 Å². The van der Waals surface area contributed by atoms with E-state index in [0.717, 1.165) is 57.8 Å². The number of aromatic nitrogens is 4. The van der Waals surface area contributed by atoms with Crippen LogP contribution < -0.4 is 5.32 Å². The molecular weight excluding hydrogens is 490 g/mol. The van der Waals surface area contributed by atoms with Crippen LogP contribution >= 0.6 is 15.9 Å². The predicted octanol–water partition coefficient (Wildman–Crippen LogP) is 5.43. The average molecular weight is 522 g/mol. The maximum absolute atomic E-state index is 13.5. The molecule has 4 aliphatic carbocycles. The number of para-hydroxylation sites is 1. The van der Waals surface area contributed by atoms with Gasteiger partial charge in [0.15, 0.2) is 0 Å². The highest BCUT2D eigenvalue weighted by molar-refractivity contribution is 9.10. The van der Waals surface area contributed by atoms with Crippen molar-refractivity contribution in [2.45, 2.75) is 63.8 Å². The van der Waals surface area contributed by atoms with Gasteiger partial charge in [-0.2, -0.15) is 10.2 Å². The first-order chi connectivity index (χ1) is 16.5. The molecule has 4 aliphatic rings. The van der Waals surface area contributed by atoms with Crippen molar-refractivity contribution in [1.82, 2.24) is 24.9 Å². The van der Waals surface area contributed by atoms with Crippen molar-refractivity contribution in [3.8, 4) is 5.69 Å². The summed E-state index contributed by atoms with van der Waals surface area (Å²) in [5.74, 6) is 2.42. The first-order valence-electron chi connectivity index (χ1n) is 12.6. The molecule has 0 spiro atoms. The molecular formula is C27H32BrN5O. The van der Waals surface area contributed by atoms with Crippen LogP contribution in [-0.2, 0) is 12.0 Å². The van der Waals surface area contributed by atoms with Crippen LogP contribution in [0.4, 0.5) is 0 Å². The Hall–Kier alpha value is -2.41. The lowest BCUT2D eigenvalue weighted by molar-refractivity contribution is -0.00770. The first kappa shape index (κ1) is 22.1. The van der Waals surface area contributed by atoms with Gasteiger partial charge in [-0.05, 0) is 97.7 Å². The van der Waals surface area contributed by atoms with Crippen molar-refractivity contribution in [2.24, 2.45) is 17.8 Å². The van der Waals surface area contributed by atoms with Gasteiger partial charge in [-0.15, -0.1) is 0 Å². The average Bonchev–Trinajstić information content (AvgIpc) is 3.40. The molecule has 2 heterocycles. The van der Waals surface area contributed by atoms with E-state index in [2.05, 4.69) is 38.5 Å². The summed E-state index contributed by atoms with van der Waals surface area (Å²) in [6.07, 6.45) is 12.5. The van der Waals surface area contributed by atoms with Gasteiger partial charge in [0, 0.05) is 30.9 Å². The number of halogens is 1. The Morgan fingerprint density at radius 3 is 2.35 bits per heavy atom. The summed E-state index contributed by atoms with van der Waals surface area (Å²) in [5.41, 5.74) is 3.87. The molecule has 4 saturated carbocycles. The maximum atomic E-state index is 13.5. The third-order valence-corrected chi connectivity index (χ3v) is 9.03. The summed E-state index contributed by atoms with van der Waals surface area (Å²) in [4.78, 5) is 13.5. The summed E-state index contributed by atoms with van der Waals surface area (Å²) in [5, 5.41) is 12.8. The lowest BCUT2D eigenvalue weighted by Crippen LogP contribution is -2.49. The van der Waals surface area contributed by atoms with Crippen LogP contribution in [0.25, 0.3) is 5.69 Å². The quantitative estimate of drug-likeness (QED) is 0.421. The number of benzene rings is 1. The minimum absolute atomic E-state index is 0.00533. The van der Waals surface area contributed by atoms with Crippen LogP contribution in [0.2, 0.25) is 0 Å². The third kappa shape index (κ3) is 4.02. The lowest BCUT2D eigenvalue weighted by atomic mass is 9.48. The Kier molecular flexibility index (Phi) is 5.63. The highest BCUT2D eigenvalue weighted by atomic mass is 79.9. The zero-order valence-corrected chi connectivity index (χ0v) is 21.3. The van der Waals surface area contributed by atoms with E-state index in [4.69, 9.17) is 5.10 Å². The number of rotatable bonds is 7. The first-order valence-corrected chi connectivity index (χ1v) is 13.4. The number of carbonyl (C=O) groups is 1. The fraction of sp³-hybridized carbons (Fsp3) is 0.519. The smallest absolute Gasteiger partial charge is 0.254 e. The van der Waals surface area contributed by atoms with E-state index < -0.39 is 0 Å². The molecule has 3 aromatic rings. The van der Waals surface area contributed by atoms with Gasteiger partial charge in [0.2, 0.25) is 0 Å². The molecule has 1 aromatic carbocycles. The number of amides is 1. The van der Waals surface area contributed by atoms with Gasteiger partial charge < -0.3 is 5.32 Å². The summed E-state index contributed by atoms with van der Waals surface area (Å²) >= 11 is 3.51. The Bertz CT molecular complexity index is 1140. The Balaban J connectivity index is 1.24. The monoisotopic (exact) mass is 521 g/mol. The van der Waals surface area contributed by atoms with E-state index in [1.54, 1.807) is 0 Å². The van der Waals surface area contributed by atoms with Crippen molar-refractivity contribution >= 4 is 21.8 Å². The van der Waals surface area contributed by atoms with Crippen LogP contribution in [0.1, 0.15) is 66.7 Å². The van der Waals surface area contributed by atoms with E-state index in [0.29, 0.717) is 6.54 Å². The molecule has 7 heteroatoms. The Morgan fingerprint density at radius 2 is 1.74 bits per heavy atom. The number of nitrogens with zero attached hydrogens (tertiary/aromatic N) is 4. The van der Waals surface area contributed by atoms with Gasteiger partial charge in [0.05, 0.1) is 27.1 Å². The standard InChI is InChI=1S/C27H32BrN5O/c1-18-24(28)17-32(30-18)9-5-8-29-26(34)23-16-33(22-6-3-2-4-7-22)31-25(23)27-13-19-10-20(14-27)12-21(11-19)15-27/h2-4,6-7,16-17,19-21H,5,8-15H2,1H3,(H,29,34). The largest absolute Gasteiger partial charge is 0.352 e. The van der Waals surface area contributed by atoms with E-state index in [1.807, 2.05) is 46.9 Å². The molecule has 0 aliphatic heterocycles. The van der Waals surface area contributed by atoms with Gasteiger partial charge in [-0.25, -0.2) is 4.68 Å². The molecule has 2 aromatic heterocycles. The van der Waals surface area contributed by atoms with Crippen LogP contribution in [0.3, 0.4) is 0 Å². The second kappa shape index (κ2) is 8.67. The second-order valence-corrected chi connectivity index (χ2v) is 11.7. The van der Waals surface area contributed by atoms with Gasteiger partial charge in [-0.3, -0.25) is 9.48 Å². The highest BCUT2D eigenvalue weighted by Crippen LogP contribution is 2.60. The SMILES string of the molecule is Cc1nn(CCCNC(=O)c2cn(-c3ccccc3)nc2C23CC4CC(CC(C4)C2)C3)cc1Br. The van der Waals surface area contributed by atoms with Crippen LogP contribution in [0.5, 0.6) is 0 Å². The molecule has 7 rings (SSSR count). The molecule has 4 bridgehead atoms. The Morgan fingerprint density at radius 1 is 1.06 bits per heavy atom. The third-order valence-electron chi connectivity index (χ3n) is 8.26.